The predicted molar refractivity (Wildman–Crippen MR) is 140 cm³/mol. The highest BCUT2D eigenvalue weighted by atomic mass is 35.5. The van der Waals surface area contributed by atoms with Gasteiger partial charge in [-0.25, -0.2) is 9.69 Å². The van der Waals surface area contributed by atoms with Crippen molar-refractivity contribution in [1.29, 1.82) is 0 Å². The van der Waals surface area contributed by atoms with Crippen molar-refractivity contribution in [3.63, 3.8) is 0 Å². The first-order valence-electron chi connectivity index (χ1n) is 11.8. The molecule has 1 fully saturated rings. The normalized spacial score (nSPS) is 13.8. The van der Waals surface area contributed by atoms with E-state index in [0.29, 0.717) is 34.3 Å². The van der Waals surface area contributed by atoms with Crippen LogP contribution in [0.2, 0.25) is 10.0 Å². The average Bonchev–Trinajstić information content (AvgIpc) is 3.25. The number of amides is 1. The molecule has 0 unspecified atom stereocenters. The molecule has 0 saturated carbocycles. The number of piperidine rings is 1. The number of hydrogen-bond donors (Lipinski definition) is 2. The molecule has 0 bridgehead atoms. The Kier molecular flexibility index (Phi) is 8.48. The molecule has 4 rings (SSSR count). The minimum absolute atomic E-state index is 0.0360. The fourth-order valence-electron chi connectivity index (χ4n) is 4.23. The Hall–Kier alpha value is -2.82. The quantitative estimate of drug-likeness (QED) is 0.443. The summed E-state index contributed by atoms with van der Waals surface area (Å²) in [6.45, 7) is 3.72. The molecule has 1 aliphatic rings. The third kappa shape index (κ3) is 5.88. The summed E-state index contributed by atoms with van der Waals surface area (Å²) < 4.78 is 1.73. The molecule has 0 atom stereocenters. The molecule has 1 aromatic heterocycles. The van der Waals surface area contributed by atoms with Crippen LogP contribution < -0.4 is 5.43 Å². The van der Waals surface area contributed by atoms with E-state index in [2.05, 4.69) is 17.3 Å². The second kappa shape index (κ2) is 11.7. The van der Waals surface area contributed by atoms with Crippen LogP contribution in [0.3, 0.4) is 0 Å². The number of benzene rings is 2. The fourth-order valence-corrected chi connectivity index (χ4v) is 4.71. The highest BCUT2D eigenvalue weighted by molar-refractivity contribution is 6.35. The van der Waals surface area contributed by atoms with Gasteiger partial charge in [-0.05, 0) is 49.6 Å². The van der Waals surface area contributed by atoms with Gasteiger partial charge in [0.2, 0.25) is 0 Å². The molecule has 8 heteroatoms. The van der Waals surface area contributed by atoms with Gasteiger partial charge in [0.15, 0.2) is 5.69 Å². The number of carbonyl (C=O) groups is 1. The molecular formula is C27H28Cl2N4O2. The summed E-state index contributed by atoms with van der Waals surface area (Å²) in [4.78, 5) is 13.3. The van der Waals surface area contributed by atoms with Crippen molar-refractivity contribution in [2.45, 2.75) is 39.0 Å². The second-order valence-electron chi connectivity index (χ2n) is 8.38. The molecule has 2 heterocycles. The van der Waals surface area contributed by atoms with E-state index in [1.165, 1.54) is 6.42 Å². The molecule has 0 spiro atoms. The molecule has 35 heavy (non-hydrogen) atoms. The Morgan fingerprint density at radius 1 is 1.11 bits per heavy atom. The predicted octanol–water partition coefficient (Wildman–Crippen LogP) is 5.27. The summed E-state index contributed by atoms with van der Waals surface area (Å²) in [7, 11) is 0. The van der Waals surface area contributed by atoms with E-state index in [0.717, 1.165) is 48.3 Å². The molecule has 2 N–H and O–H groups in total. The third-order valence-electron chi connectivity index (χ3n) is 5.93. The number of hydrogen-bond acceptors (Lipinski definition) is 4. The van der Waals surface area contributed by atoms with Gasteiger partial charge in [0, 0.05) is 41.2 Å². The van der Waals surface area contributed by atoms with Crippen molar-refractivity contribution >= 4 is 29.1 Å². The molecule has 182 valence electrons. The van der Waals surface area contributed by atoms with Crippen molar-refractivity contribution in [2.24, 2.45) is 0 Å². The number of rotatable bonds is 6. The largest absolute Gasteiger partial charge is 0.395 e. The lowest BCUT2D eigenvalue weighted by Crippen LogP contribution is -2.45. The molecule has 1 amide bonds. The van der Waals surface area contributed by atoms with Crippen LogP contribution in [-0.4, -0.2) is 45.5 Å². The van der Waals surface area contributed by atoms with Crippen LogP contribution >= 0.6 is 23.2 Å². The van der Waals surface area contributed by atoms with Crippen molar-refractivity contribution < 1.29 is 9.90 Å². The Bertz CT molecular complexity index is 1250. The lowest BCUT2D eigenvalue weighted by Gasteiger charge is -2.26. The van der Waals surface area contributed by atoms with Crippen molar-refractivity contribution in [3.05, 3.63) is 69.3 Å². The van der Waals surface area contributed by atoms with Gasteiger partial charge in [-0.1, -0.05) is 60.5 Å². The summed E-state index contributed by atoms with van der Waals surface area (Å²) >= 11 is 12.7. The van der Waals surface area contributed by atoms with E-state index in [1.807, 2.05) is 42.3 Å². The fraction of sp³-hybridized carbons (Fsp3) is 0.333. The highest BCUT2D eigenvalue weighted by Gasteiger charge is 2.26. The SMILES string of the molecule is CCc1c(C(=O)NN2CCCCC2)nn(-c2ccc(Cl)cc2Cl)c1-c1ccc(C#CCCO)cc1. The Labute approximate surface area is 215 Å². The smallest absolute Gasteiger partial charge is 0.286 e. The van der Waals surface area contributed by atoms with Gasteiger partial charge in [0.1, 0.15) is 0 Å². The average molecular weight is 511 g/mol. The molecular weight excluding hydrogens is 483 g/mol. The van der Waals surface area contributed by atoms with Crippen LogP contribution in [-0.2, 0) is 6.42 Å². The van der Waals surface area contributed by atoms with Crippen molar-refractivity contribution in [2.75, 3.05) is 19.7 Å². The molecule has 0 radical (unpaired) electrons. The molecule has 1 aliphatic heterocycles. The van der Waals surface area contributed by atoms with Gasteiger partial charge < -0.3 is 5.11 Å². The van der Waals surface area contributed by atoms with Crippen LogP contribution in [0.4, 0.5) is 0 Å². The molecule has 3 aromatic rings. The number of nitrogens with zero attached hydrogens (tertiary/aromatic N) is 3. The molecule has 2 aromatic carbocycles. The number of nitrogens with one attached hydrogen (secondary N) is 1. The van der Waals surface area contributed by atoms with E-state index >= 15 is 0 Å². The van der Waals surface area contributed by atoms with E-state index in [1.54, 1.807) is 16.8 Å². The lowest BCUT2D eigenvalue weighted by molar-refractivity contribution is 0.0743. The van der Waals surface area contributed by atoms with Crippen molar-refractivity contribution in [1.82, 2.24) is 20.2 Å². The number of aliphatic hydroxyl groups excluding tert-OH is 1. The molecule has 6 nitrogen and oxygen atoms in total. The molecule has 0 aliphatic carbocycles. The van der Waals surface area contributed by atoms with Gasteiger partial charge in [0.25, 0.3) is 5.91 Å². The van der Waals surface area contributed by atoms with Crippen LogP contribution in [0.5, 0.6) is 0 Å². The number of aliphatic hydroxyl groups is 1. The van der Waals surface area contributed by atoms with Crippen molar-refractivity contribution in [3.8, 4) is 28.8 Å². The maximum absolute atomic E-state index is 13.3. The van der Waals surface area contributed by atoms with Crippen LogP contribution in [0.15, 0.2) is 42.5 Å². The number of halogens is 2. The Morgan fingerprint density at radius 3 is 2.51 bits per heavy atom. The van der Waals surface area contributed by atoms with Crippen LogP contribution in [0.25, 0.3) is 16.9 Å². The minimum atomic E-state index is -0.222. The maximum Gasteiger partial charge on any atom is 0.286 e. The summed E-state index contributed by atoms with van der Waals surface area (Å²) in [6, 6.07) is 13.0. The summed E-state index contributed by atoms with van der Waals surface area (Å²) in [6.07, 6.45) is 4.35. The van der Waals surface area contributed by atoms with Gasteiger partial charge in [0.05, 0.1) is 23.0 Å². The number of aromatic nitrogens is 2. The van der Waals surface area contributed by atoms with Gasteiger partial charge in [-0.15, -0.1) is 0 Å². The van der Waals surface area contributed by atoms with E-state index in [-0.39, 0.29) is 12.5 Å². The highest BCUT2D eigenvalue weighted by Crippen LogP contribution is 2.33. The molecule has 1 saturated heterocycles. The zero-order valence-electron chi connectivity index (χ0n) is 19.7. The minimum Gasteiger partial charge on any atom is -0.395 e. The van der Waals surface area contributed by atoms with E-state index in [4.69, 9.17) is 33.4 Å². The lowest BCUT2D eigenvalue weighted by atomic mass is 10.0. The third-order valence-corrected chi connectivity index (χ3v) is 6.47. The summed E-state index contributed by atoms with van der Waals surface area (Å²) in [5.41, 5.74) is 7.44. The second-order valence-corrected chi connectivity index (χ2v) is 9.22. The van der Waals surface area contributed by atoms with Crippen LogP contribution in [0, 0.1) is 11.8 Å². The summed E-state index contributed by atoms with van der Waals surface area (Å²) in [5.74, 6) is 5.76. The zero-order valence-corrected chi connectivity index (χ0v) is 21.2. The van der Waals surface area contributed by atoms with Crippen LogP contribution in [0.1, 0.15) is 54.2 Å². The summed E-state index contributed by atoms with van der Waals surface area (Å²) in [5, 5.41) is 16.7. The van der Waals surface area contributed by atoms with Gasteiger partial charge >= 0.3 is 0 Å². The van der Waals surface area contributed by atoms with Gasteiger partial charge in [-0.3, -0.25) is 10.2 Å². The number of hydrazine groups is 1. The first-order chi connectivity index (χ1) is 17.0. The topological polar surface area (TPSA) is 70.4 Å². The Morgan fingerprint density at radius 2 is 1.86 bits per heavy atom. The zero-order chi connectivity index (χ0) is 24.8. The van der Waals surface area contributed by atoms with Gasteiger partial charge in [-0.2, -0.15) is 5.10 Å². The number of carbonyl (C=O) groups excluding carboxylic acids is 1. The van der Waals surface area contributed by atoms with E-state index < -0.39 is 0 Å². The monoisotopic (exact) mass is 510 g/mol. The first kappa shape index (κ1) is 25.3. The maximum atomic E-state index is 13.3. The standard InChI is InChI=1S/C27H28Cl2N4O2/c1-2-22-25(27(35)31-32-15-5-3-6-16-32)30-33(24-14-13-21(28)18-23(24)29)26(22)20-11-9-19(10-12-20)8-4-7-17-34/h9-14,18,34H,2-3,5-7,15-17H2,1H3,(H,31,35). The van der Waals surface area contributed by atoms with E-state index in [9.17, 15) is 4.79 Å². The Balaban J connectivity index is 1.80. The first-order valence-corrected chi connectivity index (χ1v) is 12.6.